The maximum atomic E-state index is 2.83. The molecule has 0 spiro atoms. The van der Waals surface area contributed by atoms with Crippen molar-refractivity contribution >= 4 is 81.9 Å². The zero-order valence-corrected chi connectivity index (χ0v) is 52.8. The second-order valence-electron chi connectivity index (χ2n) is 31.0. The summed E-state index contributed by atoms with van der Waals surface area (Å²) in [7, 11) is -1.58. The van der Waals surface area contributed by atoms with Gasteiger partial charge < -0.3 is 14.7 Å². The fourth-order valence-corrected chi connectivity index (χ4v) is 16.3. The number of fused-ring (bicyclic) bond motifs is 8. The van der Waals surface area contributed by atoms with Gasteiger partial charge in [-0.05, 0) is 182 Å². The van der Waals surface area contributed by atoms with E-state index in [9.17, 15) is 0 Å². The van der Waals surface area contributed by atoms with Gasteiger partial charge in [-0.1, -0.05) is 207 Å². The molecule has 2 unspecified atom stereocenters. The molecule has 7 aromatic rings. The lowest BCUT2D eigenvalue weighted by Gasteiger charge is -2.51. The molecule has 0 N–H and O–H groups in total. The van der Waals surface area contributed by atoms with Gasteiger partial charge >= 0.3 is 0 Å². The van der Waals surface area contributed by atoms with E-state index in [0.717, 1.165) is 12.8 Å². The van der Waals surface area contributed by atoms with E-state index in [4.69, 9.17) is 0 Å². The molecule has 2 atom stereocenters. The lowest BCUT2D eigenvalue weighted by molar-refractivity contribution is 0.195. The third kappa shape index (κ3) is 8.29. The van der Waals surface area contributed by atoms with E-state index in [1.807, 2.05) is 0 Å². The highest BCUT2D eigenvalue weighted by atomic mass is 28.3. The molecule has 408 valence electrons. The molecule has 3 heterocycles. The number of rotatable bonds is 5. The number of hydrogen-bond donors (Lipinski definition) is 0. The van der Waals surface area contributed by atoms with Gasteiger partial charge in [-0.3, -0.25) is 0 Å². The van der Waals surface area contributed by atoms with E-state index in [0.29, 0.717) is 0 Å². The number of anilines is 8. The molecule has 79 heavy (non-hydrogen) atoms. The van der Waals surface area contributed by atoms with Gasteiger partial charge in [-0.25, -0.2) is 0 Å². The Morgan fingerprint density at radius 2 is 1.01 bits per heavy atom. The van der Waals surface area contributed by atoms with Gasteiger partial charge in [0.05, 0.1) is 19.3 Å². The number of aryl methyl sites for hydroxylation is 1. The molecular weight excluding hydrogens is 970 g/mol. The smallest absolute Gasteiger partial charge is 0.252 e. The van der Waals surface area contributed by atoms with E-state index in [-0.39, 0.29) is 44.7 Å². The molecule has 0 aromatic heterocycles. The quantitative estimate of drug-likeness (QED) is 0.159. The van der Waals surface area contributed by atoms with E-state index >= 15 is 0 Å². The average Bonchev–Trinajstić information content (AvgIpc) is 3.56. The van der Waals surface area contributed by atoms with Crippen LogP contribution in [0.25, 0.3) is 11.1 Å². The fraction of sp³-hybridized carbons (Fsp3) is 0.432. The second kappa shape index (κ2) is 17.6. The fourth-order valence-electron chi connectivity index (χ4n) is 15.2. The molecule has 0 bridgehead atoms. The summed E-state index contributed by atoms with van der Waals surface area (Å²) in [5.74, 6) is 0. The first kappa shape index (κ1) is 53.8. The first-order chi connectivity index (χ1) is 36.8. The van der Waals surface area contributed by atoms with E-state index < -0.39 is 8.07 Å². The van der Waals surface area contributed by atoms with Crippen molar-refractivity contribution in [1.29, 1.82) is 0 Å². The van der Waals surface area contributed by atoms with Crippen LogP contribution >= 0.6 is 0 Å². The summed E-state index contributed by atoms with van der Waals surface area (Å²) < 4.78 is 0. The monoisotopic (exact) mass is 1060 g/mol. The van der Waals surface area contributed by atoms with Crippen molar-refractivity contribution in [3.8, 4) is 11.1 Å². The number of nitrogens with zero attached hydrogens (tertiary/aromatic N) is 3. The SMILES string of the molecule is Cc1cc(C(C)(C)C)ccc1N1c2cc(N3c4ccc([Si](C)(C)C)cc4C4(C)CCCCC34C)ccc2B2c3cc4c(cc3N(c3ccc(C(C)(C)C)cc3-c3ccccc3)c3cc(C(C)(C)C)cc1c32)C(C)(C)CCC4(C)C. The lowest BCUT2D eigenvalue weighted by atomic mass is 9.33. The maximum Gasteiger partial charge on any atom is 0.252 e. The van der Waals surface area contributed by atoms with Gasteiger partial charge in [0.25, 0.3) is 6.71 Å². The third-order valence-electron chi connectivity index (χ3n) is 20.6. The first-order valence-electron chi connectivity index (χ1n) is 30.2. The highest BCUT2D eigenvalue weighted by Crippen LogP contribution is 2.61. The largest absolute Gasteiger partial charge is 0.334 e. The van der Waals surface area contributed by atoms with Crippen molar-refractivity contribution in [3.63, 3.8) is 0 Å². The molecule has 3 aliphatic heterocycles. The minimum atomic E-state index is -1.58. The van der Waals surface area contributed by atoms with Crippen molar-refractivity contribution in [2.45, 2.75) is 207 Å². The van der Waals surface area contributed by atoms with Gasteiger partial charge in [0.1, 0.15) is 0 Å². The van der Waals surface area contributed by atoms with Crippen LogP contribution in [0.5, 0.6) is 0 Å². The van der Waals surface area contributed by atoms with Gasteiger partial charge in [-0.15, -0.1) is 0 Å². The Bertz CT molecular complexity index is 3630. The zero-order valence-electron chi connectivity index (χ0n) is 51.8. The Morgan fingerprint density at radius 1 is 0.456 bits per heavy atom. The Hall–Kier alpha value is -5.78. The van der Waals surface area contributed by atoms with Crippen LogP contribution < -0.4 is 36.3 Å². The second-order valence-corrected chi connectivity index (χ2v) is 36.1. The molecular formula is C74H90BN3Si. The molecule has 1 fully saturated rings. The van der Waals surface area contributed by atoms with Crippen LogP contribution in [0.15, 0.2) is 127 Å². The van der Waals surface area contributed by atoms with Crippen molar-refractivity contribution in [1.82, 2.24) is 0 Å². The van der Waals surface area contributed by atoms with Crippen molar-refractivity contribution in [2.75, 3.05) is 14.7 Å². The molecule has 7 aromatic carbocycles. The van der Waals surface area contributed by atoms with Crippen molar-refractivity contribution in [3.05, 3.63) is 166 Å². The van der Waals surface area contributed by atoms with Gasteiger partial charge in [0, 0.05) is 50.8 Å². The summed E-state index contributed by atoms with van der Waals surface area (Å²) in [5, 5.41) is 1.56. The molecule has 5 aliphatic rings. The van der Waals surface area contributed by atoms with Crippen LogP contribution in [0.3, 0.4) is 0 Å². The van der Waals surface area contributed by atoms with Crippen LogP contribution in [0, 0.1) is 6.92 Å². The Morgan fingerprint density at radius 3 is 1.62 bits per heavy atom. The Balaban J connectivity index is 1.21. The molecule has 0 saturated heterocycles. The molecule has 5 heteroatoms. The topological polar surface area (TPSA) is 9.72 Å². The Kier molecular flexibility index (Phi) is 12.0. The highest BCUT2D eigenvalue weighted by molar-refractivity contribution is 7.00. The number of hydrogen-bond acceptors (Lipinski definition) is 3. The summed E-state index contributed by atoms with van der Waals surface area (Å²) in [4.78, 5) is 8.30. The maximum absolute atomic E-state index is 2.83. The van der Waals surface area contributed by atoms with E-state index in [2.05, 4.69) is 273 Å². The highest BCUT2D eigenvalue weighted by Gasteiger charge is 2.58. The summed E-state index contributed by atoms with van der Waals surface area (Å²) >= 11 is 0. The lowest BCUT2D eigenvalue weighted by Crippen LogP contribution is -2.62. The van der Waals surface area contributed by atoms with Crippen molar-refractivity contribution < 1.29 is 0 Å². The van der Waals surface area contributed by atoms with Crippen LogP contribution in [0.4, 0.5) is 45.5 Å². The minimum absolute atomic E-state index is 0.0119. The standard InChI is InChI=1S/C74H90BN3Si/c1-47-39-49(68(2,3)4)27-32-60(47)76-63-43-52(78-62-34-30-53(79(17,18)19)44-57(62)73(15)35-23-24-36-74(73,78)16)29-31-58(63)75-59-45-55-56(72(13,14)38-37-71(55,11)12)46-64(59)77(66-42-51(70(8,9)10)41-65(76)67(66)75)61-33-28-50(69(5,6)7)40-54(61)48-25-21-20-22-26-48/h20-22,25-34,39-46H,23-24,35-38H2,1-19H3. The number of benzene rings is 7. The molecule has 0 radical (unpaired) electrons. The molecule has 2 aliphatic carbocycles. The van der Waals surface area contributed by atoms with Crippen molar-refractivity contribution in [2.24, 2.45) is 0 Å². The normalized spacial score (nSPS) is 21.0. The average molecular weight is 1060 g/mol. The van der Waals surface area contributed by atoms with Crippen LogP contribution in [-0.2, 0) is 32.5 Å². The van der Waals surface area contributed by atoms with Gasteiger partial charge in [-0.2, -0.15) is 0 Å². The summed E-state index contributed by atoms with van der Waals surface area (Å²) in [6.07, 6.45) is 7.22. The minimum Gasteiger partial charge on any atom is -0.334 e. The van der Waals surface area contributed by atoms with Gasteiger partial charge in [0.2, 0.25) is 0 Å². The predicted octanol–water partition coefficient (Wildman–Crippen LogP) is 18.3. The van der Waals surface area contributed by atoms with Crippen LogP contribution in [0.2, 0.25) is 19.6 Å². The van der Waals surface area contributed by atoms with E-state index in [1.165, 1.54) is 132 Å². The van der Waals surface area contributed by atoms with Crippen LogP contribution in [-0.4, -0.2) is 20.3 Å². The molecule has 0 amide bonds. The zero-order chi connectivity index (χ0) is 56.5. The van der Waals surface area contributed by atoms with Gasteiger partial charge in [0.15, 0.2) is 0 Å². The molecule has 1 saturated carbocycles. The summed E-state index contributed by atoms with van der Waals surface area (Å²) in [5.41, 5.74) is 26.8. The van der Waals surface area contributed by atoms with Crippen LogP contribution in [0.1, 0.15) is 181 Å². The third-order valence-corrected chi connectivity index (χ3v) is 22.7. The summed E-state index contributed by atoms with van der Waals surface area (Å²) in [6, 6.07) is 52.0. The Labute approximate surface area is 478 Å². The first-order valence-corrected chi connectivity index (χ1v) is 33.7. The predicted molar refractivity (Wildman–Crippen MR) is 348 cm³/mol. The van der Waals surface area contributed by atoms with E-state index in [1.54, 1.807) is 10.8 Å². The molecule has 3 nitrogen and oxygen atoms in total. The molecule has 12 rings (SSSR count). The summed E-state index contributed by atoms with van der Waals surface area (Å²) in [6.45, 7) is 46.5.